The first-order valence-electron chi connectivity index (χ1n) is 9.04. The van der Waals surface area contributed by atoms with Gasteiger partial charge >= 0.3 is 17.3 Å². The number of benzene rings is 2. The third-order valence-corrected chi connectivity index (χ3v) is 5.00. The molecule has 0 saturated carbocycles. The first kappa shape index (κ1) is 18.7. The quantitative estimate of drug-likeness (QED) is 0.281. The summed E-state index contributed by atoms with van der Waals surface area (Å²) in [5.41, 5.74) is 2.62. The number of carbonyl (C=O) groups excluding carboxylic acids is 1. The number of methoxy groups -OCH3 is 1. The zero-order valence-corrected chi connectivity index (χ0v) is 15.6. The fourth-order valence-electron chi connectivity index (χ4n) is 3.60. The fraction of sp³-hybridized carbons (Fsp3) is 0.238. The second-order valence-electron chi connectivity index (χ2n) is 6.78. The Labute approximate surface area is 164 Å². The summed E-state index contributed by atoms with van der Waals surface area (Å²) in [5, 5.41) is 12.1. The van der Waals surface area contributed by atoms with Crippen LogP contribution in [-0.4, -0.2) is 18.0 Å². The van der Waals surface area contributed by atoms with E-state index >= 15 is 0 Å². The van der Waals surface area contributed by atoms with Crippen LogP contribution in [0.3, 0.4) is 0 Å². The van der Waals surface area contributed by atoms with Crippen LogP contribution in [0, 0.1) is 10.1 Å². The van der Waals surface area contributed by atoms with Gasteiger partial charge in [0.05, 0.1) is 17.6 Å². The molecule has 0 amide bonds. The Morgan fingerprint density at radius 2 is 1.93 bits per heavy atom. The van der Waals surface area contributed by atoms with Crippen molar-refractivity contribution >= 4 is 22.6 Å². The lowest BCUT2D eigenvalue weighted by Gasteiger charge is -2.10. The van der Waals surface area contributed by atoms with Crippen LogP contribution < -0.4 is 10.4 Å². The Morgan fingerprint density at radius 3 is 2.66 bits per heavy atom. The van der Waals surface area contributed by atoms with E-state index in [1.165, 1.54) is 36.4 Å². The highest BCUT2D eigenvalue weighted by atomic mass is 16.6. The predicted octanol–water partition coefficient (Wildman–Crippen LogP) is 3.56. The van der Waals surface area contributed by atoms with Crippen molar-refractivity contribution in [1.29, 1.82) is 0 Å². The number of nitrogens with zero attached hydrogens (tertiary/aromatic N) is 1. The Hall–Kier alpha value is -3.68. The van der Waals surface area contributed by atoms with Crippen LogP contribution >= 0.6 is 0 Å². The maximum Gasteiger partial charge on any atom is 0.338 e. The Bertz CT molecular complexity index is 1200. The summed E-state index contributed by atoms with van der Waals surface area (Å²) in [6.07, 6.45) is 2.97. The molecule has 1 heterocycles. The molecule has 0 unspecified atom stereocenters. The number of fused-ring (bicyclic) bond motifs is 2. The molecule has 1 aromatic heterocycles. The largest absolute Gasteiger partial charge is 0.482 e. The van der Waals surface area contributed by atoms with E-state index in [4.69, 9.17) is 9.15 Å². The van der Waals surface area contributed by atoms with Gasteiger partial charge in [-0.25, -0.2) is 9.59 Å². The number of carbonyl (C=O) groups is 1. The summed E-state index contributed by atoms with van der Waals surface area (Å²) in [4.78, 5) is 34.4. The molecule has 0 N–H and O–H groups in total. The zero-order chi connectivity index (χ0) is 20.5. The lowest BCUT2D eigenvalue weighted by Crippen LogP contribution is -2.07. The van der Waals surface area contributed by atoms with E-state index in [-0.39, 0.29) is 23.6 Å². The molecule has 1 aliphatic carbocycles. The number of esters is 1. The number of nitro benzene ring substituents is 1. The van der Waals surface area contributed by atoms with E-state index in [9.17, 15) is 19.7 Å². The van der Waals surface area contributed by atoms with Gasteiger partial charge in [0, 0.05) is 23.1 Å². The average molecular weight is 395 g/mol. The van der Waals surface area contributed by atoms with Crippen molar-refractivity contribution in [3.05, 3.63) is 79.2 Å². The van der Waals surface area contributed by atoms with Crippen molar-refractivity contribution < 1.29 is 23.6 Å². The van der Waals surface area contributed by atoms with Gasteiger partial charge in [-0.15, -0.1) is 0 Å². The molecule has 4 rings (SSSR count). The molecule has 3 aromatic rings. The number of hydrogen-bond donors (Lipinski definition) is 0. The summed E-state index contributed by atoms with van der Waals surface area (Å²) in [6.45, 7) is -0.0563. The molecule has 0 atom stereocenters. The van der Waals surface area contributed by atoms with E-state index in [0.29, 0.717) is 11.1 Å². The predicted molar refractivity (Wildman–Crippen MR) is 103 cm³/mol. The summed E-state index contributed by atoms with van der Waals surface area (Å²) in [5.74, 6) is -0.689. The van der Waals surface area contributed by atoms with Crippen LogP contribution in [0.1, 0.15) is 33.5 Å². The second-order valence-corrected chi connectivity index (χ2v) is 6.78. The van der Waals surface area contributed by atoms with Crippen LogP contribution in [0.25, 0.3) is 11.0 Å². The molecular formula is C21H17NO7. The zero-order valence-electron chi connectivity index (χ0n) is 15.6. The molecular weight excluding hydrogens is 378 g/mol. The molecule has 0 saturated heterocycles. The number of rotatable bonds is 5. The van der Waals surface area contributed by atoms with Gasteiger partial charge in [0.25, 0.3) is 0 Å². The monoisotopic (exact) mass is 395 g/mol. The molecule has 8 heteroatoms. The summed E-state index contributed by atoms with van der Waals surface area (Å²) < 4.78 is 15.6. The molecule has 0 spiro atoms. The average Bonchev–Trinajstić information content (AvgIpc) is 3.17. The minimum Gasteiger partial charge on any atom is -0.482 e. The van der Waals surface area contributed by atoms with Gasteiger partial charge in [-0.05, 0) is 54.7 Å². The normalized spacial score (nSPS) is 12.6. The van der Waals surface area contributed by atoms with E-state index in [1.54, 1.807) is 0 Å². The standard InChI is InChI=1S/C21H17NO7/c1-27-21(24)14-5-6-18(17(8-14)22(25)26)28-11-15-10-20(23)29-19-9-13-4-2-3-12(13)7-16(15)19/h5-10H,2-4,11H2,1H3. The summed E-state index contributed by atoms with van der Waals surface area (Å²) >= 11 is 0. The number of ether oxygens (including phenoxy) is 2. The van der Waals surface area contributed by atoms with Crippen molar-refractivity contribution in [2.45, 2.75) is 25.9 Å². The first-order valence-corrected chi connectivity index (χ1v) is 9.04. The van der Waals surface area contributed by atoms with Crippen molar-refractivity contribution in [2.24, 2.45) is 0 Å². The van der Waals surface area contributed by atoms with Crippen LogP contribution in [0.2, 0.25) is 0 Å². The molecule has 8 nitrogen and oxygen atoms in total. The van der Waals surface area contributed by atoms with Crippen LogP contribution in [0.15, 0.2) is 45.6 Å². The minimum atomic E-state index is -0.680. The second kappa shape index (κ2) is 7.38. The Morgan fingerprint density at radius 1 is 1.17 bits per heavy atom. The molecule has 0 radical (unpaired) electrons. The fourth-order valence-corrected chi connectivity index (χ4v) is 3.60. The molecule has 148 valence electrons. The van der Waals surface area contributed by atoms with Gasteiger partial charge in [-0.2, -0.15) is 0 Å². The number of hydrogen-bond acceptors (Lipinski definition) is 7. The van der Waals surface area contributed by atoms with Gasteiger partial charge < -0.3 is 13.9 Å². The molecule has 0 fully saturated rings. The van der Waals surface area contributed by atoms with E-state index in [1.807, 2.05) is 12.1 Å². The van der Waals surface area contributed by atoms with E-state index < -0.39 is 16.5 Å². The van der Waals surface area contributed by atoms with Crippen molar-refractivity contribution in [2.75, 3.05) is 7.11 Å². The topological polar surface area (TPSA) is 109 Å². The highest BCUT2D eigenvalue weighted by Crippen LogP contribution is 2.31. The Kier molecular flexibility index (Phi) is 4.75. The van der Waals surface area contributed by atoms with Crippen LogP contribution in [-0.2, 0) is 24.2 Å². The van der Waals surface area contributed by atoms with E-state index in [2.05, 4.69) is 4.74 Å². The smallest absolute Gasteiger partial charge is 0.338 e. The van der Waals surface area contributed by atoms with Crippen molar-refractivity contribution in [3.63, 3.8) is 0 Å². The third-order valence-electron chi connectivity index (χ3n) is 5.00. The van der Waals surface area contributed by atoms with E-state index in [0.717, 1.165) is 30.7 Å². The van der Waals surface area contributed by atoms with Gasteiger partial charge in [0.1, 0.15) is 12.2 Å². The van der Waals surface area contributed by atoms with Crippen LogP contribution in [0.5, 0.6) is 5.75 Å². The molecule has 29 heavy (non-hydrogen) atoms. The molecule has 0 bridgehead atoms. The third kappa shape index (κ3) is 3.56. The Balaban J connectivity index is 1.69. The first-order chi connectivity index (χ1) is 14.0. The SMILES string of the molecule is COC(=O)c1ccc(OCc2cc(=O)oc3cc4c(cc23)CCC4)c([N+](=O)[O-])c1. The minimum absolute atomic E-state index is 0.00907. The van der Waals surface area contributed by atoms with Gasteiger partial charge in [-0.3, -0.25) is 10.1 Å². The van der Waals surface area contributed by atoms with Crippen molar-refractivity contribution in [1.82, 2.24) is 0 Å². The number of aryl methyl sites for hydroxylation is 2. The summed E-state index contributed by atoms with van der Waals surface area (Å²) in [7, 11) is 1.20. The maximum absolute atomic E-state index is 12.0. The van der Waals surface area contributed by atoms with Crippen molar-refractivity contribution in [3.8, 4) is 5.75 Å². The maximum atomic E-state index is 12.0. The van der Waals surface area contributed by atoms with Crippen LogP contribution in [0.4, 0.5) is 5.69 Å². The van der Waals surface area contributed by atoms with Gasteiger partial charge in [0.2, 0.25) is 0 Å². The molecule has 1 aliphatic rings. The molecule has 2 aromatic carbocycles. The van der Waals surface area contributed by atoms with Gasteiger partial charge in [-0.1, -0.05) is 0 Å². The summed E-state index contributed by atoms with van der Waals surface area (Å²) in [6, 6.07) is 9.04. The number of nitro groups is 1. The highest BCUT2D eigenvalue weighted by molar-refractivity contribution is 5.90. The highest BCUT2D eigenvalue weighted by Gasteiger charge is 2.20. The lowest BCUT2D eigenvalue weighted by molar-refractivity contribution is -0.386. The lowest BCUT2D eigenvalue weighted by atomic mass is 10.0. The van der Waals surface area contributed by atoms with Gasteiger partial charge in [0.15, 0.2) is 5.75 Å². The molecule has 0 aliphatic heterocycles.